The van der Waals surface area contributed by atoms with Crippen molar-refractivity contribution in [1.82, 2.24) is 24.5 Å². The minimum absolute atomic E-state index is 0.0722. The van der Waals surface area contributed by atoms with Gasteiger partial charge in [-0.25, -0.2) is 0 Å². The Kier molecular flexibility index (Phi) is 6.54. The van der Waals surface area contributed by atoms with Gasteiger partial charge in [0.05, 0.1) is 12.6 Å². The van der Waals surface area contributed by atoms with Gasteiger partial charge in [-0.05, 0) is 24.6 Å². The molecule has 1 aliphatic rings. The fraction of sp³-hybridized carbons (Fsp3) is 0.259. The van der Waals surface area contributed by atoms with E-state index in [2.05, 4.69) is 15.0 Å². The largest absolute Gasteiger partial charge is 0.337 e. The van der Waals surface area contributed by atoms with Crippen LogP contribution in [0.25, 0.3) is 11.4 Å². The van der Waals surface area contributed by atoms with Crippen molar-refractivity contribution in [3.8, 4) is 11.4 Å². The Balaban J connectivity index is 1.23. The molecular formula is C27H27N5O3. The maximum Gasteiger partial charge on any atom is 0.263 e. The Labute approximate surface area is 203 Å². The van der Waals surface area contributed by atoms with Gasteiger partial charge in [-0.1, -0.05) is 65.8 Å². The quantitative estimate of drug-likeness (QED) is 0.430. The minimum Gasteiger partial charge on any atom is -0.337 e. The topological polar surface area (TPSA) is 84.5 Å². The number of hydrogen-bond acceptors (Lipinski definition) is 6. The van der Waals surface area contributed by atoms with E-state index in [4.69, 9.17) is 4.52 Å². The zero-order chi connectivity index (χ0) is 24.2. The molecule has 0 N–H and O–H groups in total. The van der Waals surface area contributed by atoms with E-state index in [1.165, 1.54) is 0 Å². The number of rotatable bonds is 6. The van der Waals surface area contributed by atoms with Crippen LogP contribution < -0.4 is 5.56 Å². The van der Waals surface area contributed by atoms with Crippen LogP contribution in [0.5, 0.6) is 0 Å². The van der Waals surface area contributed by atoms with Crippen LogP contribution in [0.15, 0.2) is 88.3 Å². The second-order valence-corrected chi connectivity index (χ2v) is 8.67. The molecule has 0 aliphatic carbocycles. The summed E-state index contributed by atoms with van der Waals surface area (Å²) in [5.41, 5.74) is 1.86. The normalized spacial score (nSPS) is 15.2. The number of carbonyl (C=O) groups excluding carboxylic acids is 1. The number of carbonyl (C=O) groups is 1. The summed E-state index contributed by atoms with van der Waals surface area (Å²) in [6, 6.07) is 22.8. The predicted molar refractivity (Wildman–Crippen MR) is 132 cm³/mol. The molecule has 0 bridgehead atoms. The van der Waals surface area contributed by atoms with Gasteiger partial charge in [0.2, 0.25) is 11.7 Å². The molecule has 3 heterocycles. The summed E-state index contributed by atoms with van der Waals surface area (Å²) in [7, 11) is 0. The molecule has 5 rings (SSSR count). The number of hydrogen-bond donors (Lipinski definition) is 0. The summed E-state index contributed by atoms with van der Waals surface area (Å²) in [6.45, 7) is 4.81. The van der Waals surface area contributed by atoms with Crippen LogP contribution in [-0.2, 0) is 6.54 Å². The maximum atomic E-state index is 13.2. The summed E-state index contributed by atoms with van der Waals surface area (Å²) < 4.78 is 7.11. The molecule has 0 saturated carbocycles. The van der Waals surface area contributed by atoms with Crippen LogP contribution in [-0.4, -0.2) is 56.6 Å². The summed E-state index contributed by atoms with van der Waals surface area (Å²) in [5.74, 6) is 0.890. The van der Waals surface area contributed by atoms with Gasteiger partial charge in [-0.3, -0.25) is 14.5 Å². The molecule has 1 unspecified atom stereocenters. The molecule has 1 amide bonds. The van der Waals surface area contributed by atoms with Crippen LogP contribution in [0.4, 0.5) is 0 Å². The molecule has 0 spiro atoms. The van der Waals surface area contributed by atoms with E-state index in [9.17, 15) is 9.59 Å². The molecule has 4 aromatic rings. The van der Waals surface area contributed by atoms with Crippen LogP contribution in [0.2, 0.25) is 0 Å². The highest BCUT2D eigenvalue weighted by Gasteiger charge is 2.29. The van der Waals surface area contributed by atoms with E-state index in [1.807, 2.05) is 67.6 Å². The van der Waals surface area contributed by atoms with Crippen LogP contribution >= 0.6 is 0 Å². The van der Waals surface area contributed by atoms with Gasteiger partial charge in [0, 0.05) is 37.9 Å². The Morgan fingerprint density at radius 3 is 2.34 bits per heavy atom. The second kappa shape index (κ2) is 10.1. The summed E-state index contributed by atoms with van der Waals surface area (Å²) in [5, 5.41) is 4.12. The molecule has 178 valence electrons. The molecule has 2 aromatic heterocycles. The first-order chi connectivity index (χ1) is 17.1. The summed E-state index contributed by atoms with van der Waals surface area (Å²) >= 11 is 0. The third kappa shape index (κ3) is 4.93. The van der Waals surface area contributed by atoms with Gasteiger partial charge in [-0.2, -0.15) is 4.98 Å². The number of amides is 1. The van der Waals surface area contributed by atoms with E-state index in [-0.39, 0.29) is 23.1 Å². The van der Waals surface area contributed by atoms with E-state index >= 15 is 0 Å². The zero-order valence-electron chi connectivity index (χ0n) is 19.6. The van der Waals surface area contributed by atoms with E-state index < -0.39 is 0 Å². The molecule has 1 aliphatic heterocycles. The van der Waals surface area contributed by atoms with Crippen molar-refractivity contribution in [2.75, 3.05) is 26.2 Å². The molecule has 8 heteroatoms. The fourth-order valence-corrected chi connectivity index (χ4v) is 4.35. The van der Waals surface area contributed by atoms with Crippen molar-refractivity contribution in [3.63, 3.8) is 0 Å². The van der Waals surface area contributed by atoms with Crippen molar-refractivity contribution in [2.24, 2.45) is 0 Å². The Morgan fingerprint density at radius 1 is 0.943 bits per heavy atom. The molecule has 8 nitrogen and oxygen atoms in total. The Hall–Kier alpha value is -4.04. The average Bonchev–Trinajstić information content (AvgIpc) is 3.41. The molecular weight excluding hydrogens is 442 g/mol. The van der Waals surface area contributed by atoms with Gasteiger partial charge in [0.1, 0.15) is 5.56 Å². The van der Waals surface area contributed by atoms with E-state index in [0.29, 0.717) is 44.4 Å². The Bertz CT molecular complexity index is 1340. The van der Waals surface area contributed by atoms with Gasteiger partial charge in [0.15, 0.2) is 0 Å². The molecule has 2 aromatic carbocycles. The molecule has 1 atom stereocenters. The average molecular weight is 470 g/mol. The first kappa shape index (κ1) is 22.7. The standard InChI is InChI=1S/C27H27N5O3/c1-20(25-28-24(29-35-25)22-11-6-3-7-12-22)30-15-17-31(18-16-30)26(33)23-13-8-14-32(27(23)34)19-21-9-4-2-5-10-21/h2-14,20H,15-19H2,1H3. The lowest BCUT2D eigenvalue weighted by molar-refractivity contribution is 0.0549. The zero-order valence-corrected chi connectivity index (χ0v) is 19.6. The fourth-order valence-electron chi connectivity index (χ4n) is 4.35. The number of pyridine rings is 1. The van der Waals surface area contributed by atoms with Gasteiger partial charge in [-0.15, -0.1) is 0 Å². The van der Waals surface area contributed by atoms with Crippen molar-refractivity contribution in [3.05, 3.63) is 106 Å². The first-order valence-corrected chi connectivity index (χ1v) is 11.8. The van der Waals surface area contributed by atoms with Gasteiger partial charge in [0.25, 0.3) is 11.5 Å². The first-order valence-electron chi connectivity index (χ1n) is 11.8. The van der Waals surface area contributed by atoms with Gasteiger partial charge < -0.3 is 14.0 Å². The SMILES string of the molecule is CC(c1nc(-c2ccccc2)no1)N1CCN(C(=O)c2cccn(Cc3ccccc3)c2=O)CC1. The Morgan fingerprint density at radius 2 is 1.63 bits per heavy atom. The smallest absolute Gasteiger partial charge is 0.263 e. The molecule has 1 fully saturated rings. The summed E-state index contributed by atoms with van der Waals surface area (Å²) in [4.78, 5) is 34.7. The number of nitrogens with zero attached hydrogens (tertiary/aromatic N) is 5. The molecule has 1 saturated heterocycles. The van der Waals surface area contributed by atoms with Crippen molar-refractivity contribution >= 4 is 5.91 Å². The number of piperazine rings is 1. The monoisotopic (exact) mass is 469 g/mol. The van der Waals surface area contributed by atoms with Crippen LogP contribution in [0.1, 0.15) is 34.8 Å². The highest BCUT2D eigenvalue weighted by molar-refractivity contribution is 5.93. The van der Waals surface area contributed by atoms with Crippen molar-refractivity contribution < 1.29 is 9.32 Å². The second-order valence-electron chi connectivity index (χ2n) is 8.67. The highest BCUT2D eigenvalue weighted by atomic mass is 16.5. The lowest BCUT2D eigenvalue weighted by Crippen LogP contribution is -2.50. The van der Waals surface area contributed by atoms with Gasteiger partial charge >= 0.3 is 0 Å². The molecule has 35 heavy (non-hydrogen) atoms. The van der Waals surface area contributed by atoms with E-state index in [1.54, 1.807) is 27.8 Å². The third-order valence-electron chi connectivity index (χ3n) is 6.43. The van der Waals surface area contributed by atoms with E-state index in [0.717, 1.165) is 11.1 Å². The summed E-state index contributed by atoms with van der Waals surface area (Å²) in [6.07, 6.45) is 1.72. The van der Waals surface area contributed by atoms with Crippen LogP contribution in [0.3, 0.4) is 0 Å². The van der Waals surface area contributed by atoms with Crippen molar-refractivity contribution in [1.29, 1.82) is 0 Å². The predicted octanol–water partition coefficient (Wildman–Crippen LogP) is 3.47. The molecule has 0 radical (unpaired) electrons. The lowest BCUT2D eigenvalue weighted by atomic mass is 10.1. The maximum absolute atomic E-state index is 13.2. The third-order valence-corrected chi connectivity index (χ3v) is 6.43. The lowest BCUT2D eigenvalue weighted by Gasteiger charge is -2.36. The van der Waals surface area contributed by atoms with Crippen molar-refractivity contribution in [2.45, 2.75) is 19.5 Å². The highest BCUT2D eigenvalue weighted by Crippen LogP contribution is 2.23. The van der Waals surface area contributed by atoms with Crippen LogP contribution in [0, 0.1) is 0 Å². The minimum atomic E-state index is -0.267. The number of aromatic nitrogens is 3. The number of benzene rings is 2.